The molecule has 0 saturated heterocycles. The Morgan fingerprint density at radius 3 is 2.86 bits per heavy atom. The van der Waals surface area contributed by atoms with Crippen molar-refractivity contribution >= 4 is 5.97 Å². The monoisotopic (exact) mass is 205 g/mol. The third-order valence-corrected chi connectivity index (χ3v) is 1.77. The fourth-order valence-corrected chi connectivity index (χ4v) is 1.00. The van der Waals surface area contributed by atoms with Gasteiger partial charge in [-0.05, 0) is 6.92 Å². The second-order valence-electron chi connectivity index (χ2n) is 2.79. The molecule has 78 valence electrons. The lowest BCUT2D eigenvalue weighted by molar-refractivity contribution is -0.138. The van der Waals surface area contributed by atoms with Gasteiger partial charge in [-0.2, -0.15) is 0 Å². The van der Waals surface area contributed by atoms with E-state index < -0.39 is 24.9 Å². The van der Waals surface area contributed by atoms with Gasteiger partial charge in [0.25, 0.3) is 6.43 Å². The van der Waals surface area contributed by atoms with Crippen molar-refractivity contribution in [1.29, 1.82) is 0 Å². The topological polar surface area (TPSA) is 68.0 Å². The maximum absolute atomic E-state index is 12.0. The minimum absolute atomic E-state index is 0.179. The number of hydrogen-bond acceptors (Lipinski definition) is 3. The zero-order valence-corrected chi connectivity index (χ0v) is 7.39. The van der Waals surface area contributed by atoms with Crippen LogP contribution in [0.2, 0.25) is 0 Å². The van der Waals surface area contributed by atoms with Crippen LogP contribution in [0.1, 0.15) is 18.5 Å². The van der Waals surface area contributed by atoms with E-state index in [2.05, 4.69) is 10.3 Å². The third-order valence-electron chi connectivity index (χ3n) is 1.77. The Balaban J connectivity index is 2.86. The number of carbonyl (C=O) groups is 1. The number of halogens is 2. The summed E-state index contributed by atoms with van der Waals surface area (Å²) in [6, 6.07) is 0. The molecule has 14 heavy (non-hydrogen) atoms. The zero-order valence-electron chi connectivity index (χ0n) is 7.39. The molecule has 0 spiro atoms. The Bertz CT molecular complexity index is 326. The first-order chi connectivity index (χ1) is 6.52. The Kier molecular flexibility index (Phi) is 3.10. The molecule has 0 radical (unpaired) electrons. The van der Waals surface area contributed by atoms with Gasteiger partial charge >= 0.3 is 5.97 Å². The normalized spacial score (nSPS) is 13.1. The van der Waals surface area contributed by atoms with Crippen molar-refractivity contribution in [2.24, 2.45) is 0 Å². The van der Waals surface area contributed by atoms with Crippen LogP contribution in [0.15, 0.2) is 6.20 Å². The first-order valence-electron chi connectivity index (χ1n) is 3.91. The Morgan fingerprint density at radius 2 is 2.36 bits per heavy atom. The SMILES string of the molecule is CC(C(=O)O)c1cnnn1CC(F)F. The molecule has 0 saturated carbocycles. The van der Waals surface area contributed by atoms with Crippen LogP contribution in [0, 0.1) is 0 Å². The van der Waals surface area contributed by atoms with Crippen LogP contribution >= 0.6 is 0 Å². The van der Waals surface area contributed by atoms with E-state index in [1.54, 1.807) is 0 Å². The van der Waals surface area contributed by atoms with Crippen molar-refractivity contribution in [3.63, 3.8) is 0 Å². The summed E-state index contributed by atoms with van der Waals surface area (Å²) in [5, 5.41) is 15.4. The van der Waals surface area contributed by atoms with Gasteiger partial charge in [-0.15, -0.1) is 5.10 Å². The largest absolute Gasteiger partial charge is 0.481 e. The number of alkyl halides is 2. The third kappa shape index (κ3) is 2.24. The van der Waals surface area contributed by atoms with Crippen LogP contribution in [0.5, 0.6) is 0 Å². The summed E-state index contributed by atoms with van der Waals surface area (Å²) in [5.41, 5.74) is 0.179. The molecule has 0 aromatic carbocycles. The van der Waals surface area contributed by atoms with Crippen molar-refractivity contribution in [3.8, 4) is 0 Å². The van der Waals surface area contributed by atoms with Gasteiger partial charge in [-0.25, -0.2) is 13.5 Å². The van der Waals surface area contributed by atoms with Gasteiger partial charge in [-0.1, -0.05) is 5.21 Å². The van der Waals surface area contributed by atoms with E-state index in [1.807, 2.05) is 0 Å². The van der Waals surface area contributed by atoms with Gasteiger partial charge in [0.15, 0.2) is 0 Å². The first-order valence-corrected chi connectivity index (χ1v) is 3.91. The van der Waals surface area contributed by atoms with Gasteiger partial charge in [0.05, 0.1) is 17.8 Å². The molecular weight excluding hydrogens is 196 g/mol. The quantitative estimate of drug-likeness (QED) is 0.786. The minimum Gasteiger partial charge on any atom is -0.481 e. The summed E-state index contributed by atoms with van der Waals surface area (Å²) in [7, 11) is 0. The van der Waals surface area contributed by atoms with Crippen molar-refractivity contribution in [1.82, 2.24) is 15.0 Å². The van der Waals surface area contributed by atoms with Gasteiger partial charge in [0.1, 0.15) is 6.54 Å². The molecule has 1 unspecified atom stereocenters. The molecule has 1 rings (SSSR count). The highest BCUT2D eigenvalue weighted by Crippen LogP contribution is 2.14. The fourth-order valence-electron chi connectivity index (χ4n) is 1.00. The molecule has 1 aromatic rings. The van der Waals surface area contributed by atoms with E-state index in [9.17, 15) is 13.6 Å². The van der Waals surface area contributed by atoms with Crippen molar-refractivity contribution in [2.75, 3.05) is 0 Å². The second kappa shape index (κ2) is 4.12. The highest BCUT2D eigenvalue weighted by molar-refractivity contribution is 5.74. The molecular formula is C7H9F2N3O2. The van der Waals surface area contributed by atoms with Crippen LogP contribution < -0.4 is 0 Å². The summed E-state index contributed by atoms with van der Waals surface area (Å²) >= 11 is 0. The van der Waals surface area contributed by atoms with Gasteiger partial charge in [0, 0.05) is 0 Å². The van der Waals surface area contributed by atoms with E-state index in [4.69, 9.17) is 5.11 Å². The fraction of sp³-hybridized carbons (Fsp3) is 0.571. The lowest BCUT2D eigenvalue weighted by Crippen LogP contribution is -2.17. The van der Waals surface area contributed by atoms with E-state index in [1.165, 1.54) is 13.1 Å². The standard InChI is InChI=1S/C7H9F2N3O2/c1-4(7(13)14)5-2-10-11-12(5)3-6(8)9/h2,4,6H,3H2,1H3,(H,13,14). The molecule has 0 bridgehead atoms. The van der Waals surface area contributed by atoms with Crippen molar-refractivity contribution < 1.29 is 18.7 Å². The average molecular weight is 205 g/mol. The van der Waals surface area contributed by atoms with E-state index in [0.717, 1.165) is 4.68 Å². The first kappa shape index (κ1) is 10.6. The minimum atomic E-state index is -2.57. The van der Waals surface area contributed by atoms with Crippen LogP contribution in [-0.2, 0) is 11.3 Å². The number of carboxylic acids is 1. The Hall–Kier alpha value is -1.53. The lowest BCUT2D eigenvalue weighted by Gasteiger charge is -2.08. The van der Waals surface area contributed by atoms with Crippen LogP contribution in [0.3, 0.4) is 0 Å². The Morgan fingerprint density at radius 1 is 1.71 bits per heavy atom. The predicted molar refractivity (Wildman–Crippen MR) is 42.1 cm³/mol. The number of aliphatic carboxylic acids is 1. The van der Waals surface area contributed by atoms with Gasteiger partial charge < -0.3 is 5.11 Å². The molecule has 1 heterocycles. The zero-order chi connectivity index (χ0) is 10.7. The summed E-state index contributed by atoms with van der Waals surface area (Å²) in [4.78, 5) is 10.6. The summed E-state index contributed by atoms with van der Waals surface area (Å²) < 4.78 is 24.9. The lowest BCUT2D eigenvalue weighted by atomic mass is 10.1. The van der Waals surface area contributed by atoms with E-state index in [-0.39, 0.29) is 5.69 Å². The van der Waals surface area contributed by atoms with Gasteiger partial charge in [0.2, 0.25) is 0 Å². The maximum Gasteiger partial charge on any atom is 0.312 e. The van der Waals surface area contributed by atoms with Crippen LogP contribution in [0.4, 0.5) is 8.78 Å². The molecule has 0 amide bonds. The molecule has 0 aliphatic heterocycles. The highest BCUT2D eigenvalue weighted by atomic mass is 19.3. The summed E-state index contributed by atoms with van der Waals surface area (Å²) in [5.74, 6) is -1.98. The number of rotatable bonds is 4. The van der Waals surface area contributed by atoms with Gasteiger partial charge in [-0.3, -0.25) is 4.79 Å². The molecule has 7 heteroatoms. The van der Waals surface area contributed by atoms with Crippen LogP contribution in [0.25, 0.3) is 0 Å². The predicted octanol–water partition coefficient (Wildman–Crippen LogP) is 0.731. The van der Waals surface area contributed by atoms with Crippen molar-refractivity contribution in [2.45, 2.75) is 25.8 Å². The molecule has 1 atom stereocenters. The maximum atomic E-state index is 12.0. The number of carboxylic acid groups (broad SMARTS) is 1. The van der Waals surface area contributed by atoms with Crippen LogP contribution in [-0.4, -0.2) is 32.5 Å². The van der Waals surface area contributed by atoms with Crippen molar-refractivity contribution in [3.05, 3.63) is 11.9 Å². The molecule has 1 aromatic heterocycles. The molecule has 0 aliphatic carbocycles. The van der Waals surface area contributed by atoms with E-state index >= 15 is 0 Å². The average Bonchev–Trinajstić information content (AvgIpc) is 2.49. The highest BCUT2D eigenvalue weighted by Gasteiger charge is 2.20. The molecule has 0 fully saturated rings. The number of aromatic nitrogens is 3. The summed E-state index contributed by atoms with van der Waals surface area (Å²) in [6.45, 7) is 0.760. The molecule has 0 aliphatic rings. The number of hydrogen-bond donors (Lipinski definition) is 1. The second-order valence-corrected chi connectivity index (χ2v) is 2.79. The smallest absolute Gasteiger partial charge is 0.312 e. The number of nitrogens with zero attached hydrogens (tertiary/aromatic N) is 3. The molecule has 5 nitrogen and oxygen atoms in total. The Labute approximate surface area is 78.3 Å². The molecule has 1 N–H and O–H groups in total. The van der Waals surface area contributed by atoms with E-state index in [0.29, 0.717) is 0 Å². The summed E-state index contributed by atoms with van der Waals surface area (Å²) in [6.07, 6.45) is -1.39.